The average molecular weight is 251 g/mol. The van der Waals surface area contributed by atoms with Gasteiger partial charge in [-0.25, -0.2) is 0 Å². The van der Waals surface area contributed by atoms with Crippen LogP contribution in [0.15, 0.2) is 18.2 Å². The van der Waals surface area contributed by atoms with Crippen LogP contribution in [0.1, 0.15) is 24.5 Å². The fourth-order valence-electron chi connectivity index (χ4n) is 1.71. The first-order chi connectivity index (χ1) is 8.55. The van der Waals surface area contributed by atoms with E-state index in [2.05, 4.69) is 5.32 Å². The molecule has 0 aliphatic carbocycles. The molecule has 0 saturated carbocycles. The number of nitrogens with one attached hydrogen (secondary N) is 1. The minimum absolute atomic E-state index is 0.0284. The molecule has 0 aliphatic rings. The van der Waals surface area contributed by atoms with Crippen molar-refractivity contribution in [2.24, 2.45) is 0 Å². The van der Waals surface area contributed by atoms with E-state index in [4.69, 9.17) is 9.84 Å². The van der Waals surface area contributed by atoms with Crippen molar-refractivity contribution in [3.05, 3.63) is 29.3 Å². The zero-order valence-corrected chi connectivity index (χ0v) is 11.2. The summed E-state index contributed by atoms with van der Waals surface area (Å²) in [5.41, 5.74) is 2.21. The SMILES string of the molecule is CC[C@@H](CO)NC(=O)COc1cc(C)cc(C)c1. The number of aliphatic hydroxyl groups excluding tert-OH is 1. The van der Waals surface area contributed by atoms with E-state index in [-0.39, 0.29) is 25.2 Å². The van der Waals surface area contributed by atoms with Gasteiger partial charge in [-0.3, -0.25) is 4.79 Å². The van der Waals surface area contributed by atoms with Crippen LogP contribution in [0, 0.1) is 13.8 Å². The molecule has 18 heavy (non-hydrogen) atoms. The van der Waals surface area contributed by atoms with Crippen LogP contribution in [-0.4, -0.2) is 30.3 Å². The van der Waals surface area contributed by atoms with Gasteiger partial charge in [0.1, 0.15) is 5.75 Å². The Hall–Kier alpha value is -1.55. The molecule has 0 spiro atoms. The van der Waals surface area contributed by atoms with Gasteiger partial charge in [0.15, 0.2) is 6.61 Å². The van der Waals surface area contributed by atoms with Gasteiger partial charge in [0, 0.05) is 0 Å². The highest BCUT2D eigenvalue weighted by Crippen LogP contribution is 2.15. The molecular formula is C14H21NO3. The quantitative estimate of drug-likeness (QED) is 0.807. The van der Waals surface area contributed by atoms with Crippen molar-refractivity contribution in [3.63, 3.8) is 0 Å². The van der Waals surface area contributed by atoms with Crippen LogP contribution < -0.4 is 10.1 Å². The molecule has 0 unspecified atom stereocenters. The summed E-state index contributed by atoms with van der Waals surface area (Å²) in [6.07, 6.45) is 0.700. The van der Waals surface area contributed by atoms with Gasteiger partial charge in [-0.15, -0.1) is 0 Å². The monoisotopic (exact) mass is 251 g/mol. The summed E-state index contributed by atoms with van der Waals surface area (Å²) in [6.45, 7) is 5.80. The largest absolute Gasteiger partial charge is 0.484 e. The zero-order chi connectivity index (χ0) is 13.5. The van der Waals surface area contributed by atoms with E-state index in [9.17, 15) is 4.79 Å². The van der Waals surface area contributed by atoms with Crippen LogP contribution in [0.3, 0.4) is 0 Å². The van der Waals surface area contributed by atoms with Crippen molar-refractivity contribution < 1.29 is 14.6 Å². The highest BCUT2D eigenvalue weighted by Gasteiger charge is 2.09. The maximum Gasteiger partial charge on any atom is 0.258 e. The number of hydrogen-bond acceptors (Lipinski definition) is 3. The third kappa shape index (κ3) is 4.75. The first kappa shape index (κ1) is 14.5. The molecule has 0 aliphatic heterocycles. The molecule has 0 heterocycles. The second kappa shape index (κ2) is 7.01. The first-order valence-electron chi connectivity index (χ1n) is 6.16. The molecule has 1 atom stereocenters. The minimum Gasteiger partial charge on any atom is -0.484 e. The number of hydrogen-bond donors (Lipinski definition) is 2. The van der Waals surface area contributed by atoms with Crippen molar-refractivity contribution in [3.8, 4) is 5.75 Å². The van der Waals surface area contributed by atoms with E-state index in [1.165, 1.54) is 0 Å². The summed E-state index contributed by atoms with van der Waals surface area (Å²) in [7, 11) is 0. The van der Waals surface area contributed by atoms with Crippen molar-refractivity contribution in [2.45, 2.75) is 33.2 Å². The summed E-state index contributed by atoms with van der Waals surface area (Å²) in [6, 6.07) is 5.64. The molecule has 1 aromatic rings. The van der Waals surface area contributed by atoms with Gasteiger partial charge in [-0.2, -0.15) is 0 Å². The predicted molar refractivity (Wildman–Crippen MR) is 70.7 cm³/mol. The third-order valence-corrected chi connectivity index (χ3v) is 2.64. The minimum atomic E-state index is -0.213. The lowest BCUT2D eigenvalue weighted by molar-refractivity contribution is -0.124. The zero-order valence-electron chi connectivity index (χ0n) is 11.2. The summed E-state index contributed by atoms with van der Waals surface area (Å²) in [5, 5.41) is 11.7. The Morgan fingerprint density at radius 2 is 1.94 bits per heavy atom. The van der Waals surface area contributed by atoms with Crippen LogP contribution in [0.25, 0.3) is 0 Å². The molecule has 1 amide bonds. The number of aryl methyl sites for hydroxylation is 2. The fourth-order valence-corrected chi connectivity index (χ4v) is 1.71. The van der Waals surface area contributed by atoms with Crippen LogP contribution in [0.4, 0.5) is 0 Å². The van der Waals surface area contributed by atoms with Gasteiger partial charge in [0.2, 0.25) is 0 Å². The number of amides is 1. The lowest BCUT2D eigenvalue weighted by Gasteiger charge is -2.14. The van der Waals surface area contributed by atoms with E-state index in [1.54, 1.807) is 0 Å². The predicted octanol–water partition coefficient (Wildman–Crippen LogP) is 1.57. The van der Waals surface area contributed by atoms with Crippen molar-refractivity contribution >= 4 is 5.91 Å². The van der Waals surface area contributed by atoms with Crippen LogP contribution in [0.5, 0.6) is 5.75 Å². The molecule has 0 fully saturated rings. The smallest absolute Gasteiger partial charge is 0.258 e. The molecule has 2 N–H and O–H groups in total. The van der Waals surface area contributed by atoms with E-state index in [0.29, 0.717) is 12.2 Å². The number of carbonyl (C=O) groups is 1. The van der Waals surface area contributed by atoms with Gasteiger partial charge < -0.3 is 15.2 Å². The average Bonchev–Trinajstić information content (AvgIpc) is 2.32. The van der Waals surface area contributed by atoms with Crippen LogP contribution >= 0.6 is 0 Å². The van der Waals surface area contributed by atoms with E-state index in [1.807, 2.05) is 39.0 Å². The molecule has 4 heteroatoms. The Morgan fingerprint density at radius 1 is 1.33 bits per heavy atom. The highest BCUT2D eigenvalue weighted by atomic mass is 16.5. The van der Waals surface area contributed by atoms with Crippen LogP contribution in [-0.2, 0) is 4.79 Å². The standard InChI is InChI=1S/C14H21NO3/c1-4-12(8-16)15-14(17)9-18-13-6-10(2)5-11(3)7-13/h5-7,12,16H,4,8-9H2,1-3H3,(H,15,17)/t12-/m0/s1. The van der Waals surface area contributed by atoms with E-state index in [0.717, 1.165) is 11.1 Å². The topological polar surface area (TPSA) is 58.6 Å². The van der Waals surface area contributed by atoms with E-state index >= 15 is 0 Å². The van der Waals surface area contributed by atoms with Gasteiger partial charge in [0.25, 0.3) is 5.91 Å². The molecular weight excluding hydrogens is 230 g/mol. The Balaban J connectivity index is 2.47. The normalized spacial score (nSPS) is 12.0. The summed E-state index contributed by atoms with van der Waals surface area (Å²) >= 11 is 0. The lowest BCUT2D eigenvalue weighted by atomic mass is 10.1. The lowest BCUT2D eigenvalue weighted by Crippen LogP contribution is -2.39. The van der Waals surface area contributed by atoms with Gasteiger partial charge in [-0.05, 0) is 43.5 Å². The van der Waals surface area contributed by atoms with Gasteiger partial charge >= 0.3 is 0 Å². The maximum atomic E-state index is 11.6. The van der Waals surface area contributed by atoms with Crippen molar-refractivity contribution in [1.82, 2.24) is 5.32 Å². The third-order valence-electron chi connectivity index (χ3n) is 2.64. The van der Waals surface area contributed by atoms with Gasteiger partial charge in [0.05, 0.1) is 12.6 Å². The molecule has 0 bridgehead atoms. The number of benzene rings is 1. The summed E-state index contributed by atoms with van der Waals surface area (Å²) < 4.78 is 5.43. The van der Waals surface area contributed by atoms with Crippen molar-refractivity contribution in [2.75, 3.05) is 13.2 Å². The fraction of sp³-hybridized carbons (Fsp3) is 0.500. The molecule has 0 aromatic heterocycles. The number of carbonyl (C=O) groups excluding carboxylic acids is 1. The Bertz CT molecular complexity index is 380. The maximum absolute atomic E-state index is 11.6. The summed E-state index contributed by atoms with van der Waals surface area (Å²) in [4.78, 5) is 11.6. The first-order valence-corrected chi connectivity index (χ1v) is 6.16. The second-order valence-corrected chi connectivity index (χ2v) is 4.47. The Kier molecular flexibility index (Phi) is 5.65. The number of aliphatic hydroxyl groups is 1. The van der Waals surface area contributed by atoms with Crippen molar-refractivity contribution in [1.29, 1.82) is 0 Å². The van der Waals surface area contributed by atoms with E-state index < -0.39 is 0 Å². The second-order valence-electron chi connectivity index (χ2n) is 4.47. The molecule has 100 valence electrons. The Labute approximate surface area is 108 Å². The number of rotatable bonds is 6. The molecule has 0 saturated heterocycles. The highest BCUT2D eigenvalue weighted by molar-refractivity contribution is 5.77. The van der Waals surface area contributed by atoms with Gasteiger partial charge in [-0.1, -0.05) is 13.0 Å². The molecule has 1 aromatic carbocycles. The molecule has 1 rings (SSSR count). The number of ether oxygens (including phenoxy) is 1. The molecule has 4 nitrogen and oxygen atoms in total. The Morgan fingerprint density at radius 3 is 2.44 bits per heavy atom. The summed E-state index contributed by atoms with van der Waals surface area (Å²) in [5.74, 6) is 0.481. The van der Waals surface area contributed by atoms with Crippen LogP contribution in [0.2, 0.25) is 0 Å². The molecule has 0 radical (unpaired) electrons.